The van der Waals surface area contributed by atoms with E-state index in [1.54, 1.807) is 18.6 Å². The van der Waals surface area contributed by atoms with Crippen LogP contribution in [-0.2, 0) is 0 Å². The van der Waals surface area contributed by atoms with Crippen molar-refractivity contribution in [1.29, 1.82) is 0 Å². The Morgan fingerprint density at radius 2 is 2.20 bits per heavy atom. The number of hydrogen-bond acceptors (Lipinski definition) is 6. The monoisotopic (exact) mass is 341 g/mol. The fourth-order valence-electron chi connectivity index (χ4n) is 1.55. The number of nitrogens with zero attached hydrogens (tertiary/aromatic N) is 3. The van der Waals surface area contributed by atoms with Crippen LogP contribution < -0.4 is 4.90 Å². The zero-order valence-corrected chi connectivity index (χ0v) is 13.4. The Morgan fingerprint density at radius 3 is 2.85 bits per heavy atom. The molecule has 0 aromatic carbocycles. The van der Waals surface area contributed by atoms with Crippen LogP contribution in [0.15, 0.2) is 29.1 Å². The first-order chi connectivity index (χ1) is 9.65. The highest BCUT2D eigenvalue weighted by Gasteiger charge is 2.19. The summed E-state index contributed by atoms with van der Waals surface area (Å²) in [4.78, 5) is 23.3. The minimum absolute atomic E-state index is 0.162. The van der Waals surface area contributed by atoms with E-state index in [0.717, 1.165) is 9.88 Å². The Hall–Kier alpha value is -1.28. The summed E-state index contributed by atoms with van der Waals surface area (Å²) in [6, 6.07) is 3.73. The van der Waals surface area contributed by atoms with Gasteiger partial charge in [0, 0.05) is 24.0 Å². The van der Waals surface area contributed by atoms with Crippen LogP contribution in [0.4, 0.5) is 5.13 Å². The van der Waals surface area contributed by atoms with Crippen LogP contribution in [0.2, 0.25) is 4.34 Å². The van der Waals surface area contributed by atoms with E-state index in [0.29, 0.717) is 15.2 Å². The van der Waals surface area contributed by atoms with E-state index >= 15 is 0 Å². The predicted octanol–water partition coefficient (Wildman–Crippen LogP) is 4.26. The molecule has 4 nitrogen and oxygen atoms in total. The van der Waals surface area contributed by atoms with E-state index < -0.39 is 0 Å². The highest BCUT2D eigenvalue weighted by atomic mass is 35.5. The smallest absolute Gasteiger partial charge is 0.279 e. The number of anilines is 1. The van der Waals surface area contributed by atoms with E-state index in [-0.39, 0.29) is 5.91 Å². The number of thiophene rings is 1. The van der Waals surface area contributed by atoms with Crippen LogP contribution in [0.3, 0.4) is 0 Å². The number of carbonyl (C=O) groups is 1. The second kappa shape index (κ2) is 5.61. The van der Waals surface area contributed by atoms with Crippen molar-refractivity contribution in [3.63, 3.8) is 0 Å². The summed E-state index contributed by atoms with van der Waals surface area (Å²) in [5.41, 5.74) is 0.423. The first-order valence-electron chi connectivity index (χ1n) is 5.54. The Morgan fingerprint density at radius 1 is 1.35 bits per heavy atom. The lowest BCUT2D eigenvalue weighted by Gasteiger charge is -2.11. The molecule has 0 aliphatic heterocycles. The van der Waals surface area contributed by atoms with Crippen molar-refractivity contribution in [2.75, 3.05) is 11.9 Å². The fourth-order valence-corrected chi connectivity index (χ4v) is 4.07. The molecule has 20 heavy (non-hydrogen) atoms. The summed E-state index contributed by atoms with van der Waals surface area (Å²) < 4.78 is 0.711. The van der Waals surface area contributed by atoms with Crippen LogP contribution in [-0.4, -0.2) is 22.9 Å². The van der Waals surface area contributed by atoms with Crippen molar-refractivity contribution in [3.8, 4) is 9.88 Å². The minimum atomic E-state index is -0.162. The van der Waals surface area contributed by atoms with Crippen LogP contribution in [0, 0.1) is 0 Å². The lowest BCUT2D eigenvalue weighted by Crippen LogP contribution is -2.26. The van der Waals surface area contributed by atoms with Gasteiger partial charge in [-0.15, -0.1) is 34.0 Å². The Labute approximate surface area is 132 Å². The third-order valence-electron chi connectivity index (χ3n) is 2.52. The number of rotatable bonds is 3. The number of aromatic nitrogens is 2. The fraction of sp³-hybridized carbons (Fsp3) is 0.0833. The number of amides is 1. The summed E-state index contributed by atoms with van der Waals surface area (Å²) in [6.07, 6.45) is 1.67. The van der Waals surface area contributed by atoms with Crippen molar-refractivity contribution in [3.05, 3.63) is 39.1 Å². The van der Waals surface area contributed by atoms with Gasteiger partial charge in [-0.3, -0.25) is 9.69 Å². The van der Waals surface area contributed by atoms with Gasteiger partial charge < -0.3 is 0 Å². The molecule has 0 aliphatic carbocycles. The van der Waals surface area contributed by atoms with E-state index in [1.165, 1.54) is 38.9 Å². The standard InChI is InChI=1S/C12H8ClN3OS3/c1-16(12-14-4-5-18-12)11(17)7-6-19-10(15-7)8-2-3-9(13)20-8/h2-6H,1H3. The quantitative estimate of drug-likeness (QED) is 0.715. The van der Waals surface area contributed by atoms with Gasteiger partial charge in [0.05, 0.1) is 9.21 Å². The molecule has 3 aromatic rings. The van der Waals surface area contributed by atoms with Gasteiger partial charge in [-0.05, 0) is 12.1 Å². The molecule has 3 rings (SSSR count). The molecule has 0 spiro atoms. The largest absolute Gasteiger partial charge is 0.286 e. The van der Waals surface area contributed by atoms with Crippen molar-refractivity contribution in [2.24, 2.45) is 0 Å². The first kappa shape index (κ1) is 13.7. The molecule has 0 bridgehead atoms. The van der Waals surface area contributed by atoms with Crippen LogP contribution in [0.25, 0.3) is 9.88 Å². The molecule has 8 heteroatoms. The maximum Gasteiger partial charge on any atom is 0.279 e. The molecule has 0 unspecified atom stereocenters. The Bertz CT molecular complexity index is 735. The highest BCUT2D eigenvalue weighted by Crippen LogP contribution is 2.33. The summed E-state index contributed by atoms with van der Waals surface area (Å²) >= 11 is 10.2. The average molecular weight is 342 g/mol. The Balaban J connectivity index is 1.85. The van der Waals surface area contributed by atoms with Gasteiger partial charge in [0.15, 0.2) is 5.13 Å². The summed E-state index contributed by atoms with van der Waals surface area (Å²) in [6.45, 7) is 0. The summed E-state index contributed by atoms with van der Waals surface area (Å²) in [7, 11) is 1.70. The first-order valence-corrected chi connectivity index (χ1v) is 8.49. The molecular formula is C12H8ClN3OS3. The molecule has 1 amide bonds. The molecule has 102 valence electrons. The van der Waals surface area contributed by atoms with Gasteiger partial charge in [-0.25, -0.2) is 9.97 Å². The van der Waals surface area contributed by atoms with Gasteiger partial charge in [0.25, 0.3) is 5.91 Å². The molecule has 3 aromatic heterocycles. The van der Waals surface area contributed by atoms with E-state index in [2.05, 4.69) is 9.97 Å². The topological polar surface area (TPSA) is 46.1 Å². The molecule has 0 saturated carbocycles. The van der Waals surface area contributed by atoms with E-state index in [4.69, 9.17) is 11.6 Å². The SMILES string of the molecule is CN(C(=O)c1csc(-c2ccc(Cl)s2)n1)c1nccs1. The molecular weight excluding hydrogens is 334 g/mol. The van der Waals surface area contributed by atoms with Crippen molar-refractivity contribution in [2.45, 2.75) is 0 Å². The number of carbonyl (C=O) groups excluding carboxylic acids is 1. The molecule has 0 saturated heterocycles. The minimum Gasteiger partial charge on any atom is -0.286 e. The molecule has 0 radical (unpaired) electrons. The molecule has 0 aliphatic rings. The number of halogens is 1. The van der Waals surface area contributed by atoms with Crippen molar-refractivity contribution < 1.29 is 4.79 Å². The van der Waals surface area contributed by atoms with Gasteiger partial charge in [0.1, 0.15) is 10.7 Å². The lowest BCUT2D eigenvalue weighted by atomic mass is 10.4. The van der Waals surface area contributed by atoms with Crippen LogP contribution in [0.5, 0.6) is 0 Å². The van der Waals surface area contributed by atoms with Crippen LogP contribution >= 0.6 is 45.6 Å². The maximum atomic E-state index is 12.3. The average Bonchev–Trinajstić information content (AvgIpc) is 3.17. The molecule has 0 N–H and O–H groups in total. The normalized spacial score (nSPS) is 10.7. The maximum absolute atomic E-state index is 12.3. The zero-order valence-electron chi connectivity index (χ0n) is 10.2. The van der Waals surface area contributed by atoms with Gasteiger partial charge in [-0.1, -0.05) is 11.6 Å². The number of thiazole rings is 2. The molecule has 3 heterocycles. The van der Waals surface area contributed by atoms with Gasteiger partial charge in [0.2, 0.25) is 0 Å². The number of hydrogen-bond donors (Lipinski definition) is 0. The van der Waals surface area contributed by atoms with Gasteiger partial charge in [-0.2, -0.15) is 0 Å². The second-order valence-electron chi connectivity index (χ2n) is 3.82. The highest BCUT2D eigenvalue weighted by molar-refractivity contribution is 7.23. The lowest BCUT2D eigenvalue weighted by molar-refractivity contribution is 0.0989. The summed E-state index contributed by atoms with van der Waals surface area (Å²) in [5, 5.41) is 5.05. The summed E-state index contributed by atoms with van der Waals surface area (Å²) in [5.74, 6) is -0.162. The van der Waals surface area contributed by atoms with E-state index in [9.17, 15) is 4.79 Å². The van der Waals surface area contributed by atoms with Gasteiger partial charge >= 0.3 is 0 Å². The predicted molar refractivity (Wildman–Crippen MR) is 85.3 cm³/mol. The van der Waals surface area contributed by atoms with Crippen molar-refractivity contribution >= 4 is 56.7 Å². The van der Waals surface area contributed by atoms with Crippen LogP contribution in [0.1, 0.15) is 10.5 Å². The van der Waals surface area contributed by atoms with E-state index in [1.807, 2.05) is 17.5 Å². The molecule has 0 atom stereocenters. The third-order valence-corrected chi connectivity index (χ3v) is 5.61. The Kier molecular flexibility index (Phi) is 3.84. The molecule has 0 fully saturated rings. The third kappa shape index (κ3) is 2.62. The van der Waals surface area contributed by atoms with Crippen molar-refractivity contribution in [1.82, 2.24) is 9.97 Å². The second-order valence-corrected chi connectivity index (χ2v) is 7.27. The zero-order chi connectivity index (χ0) is 14.1.